The Bertz CT molecular complexity index is 1410. The lowest BCUT2D eigenvalue weighted by Crippen LogP contribution is -2.10. The summed E-state index contributed by atoms with van der Waals surface area (Å²) in [5.41, 5.74) is 4.74. The van der Waals surface area contributed by atoms with Crippen molar-refractivity contribution in [1.82, 2.24) is 24.7 Å². The molecule has 0 fully saturated rings. The Morgan fingerprint density at radius 3 is 2.80 bits per heavy atom. The highest BCUT2D eigenvalue weighted by atomic mass is 19.1. The zero-order valence-corrected chi connectivity index (χ0v) is 19.2. The second kappa shape index (κ2) is 8.83. The van der Waals surface area contributed by atoms with Crippen LogP contribution in [0.4, 0.5) is 21.8 Å². The van der Waals surface area contributed by atoms with E-state index in [9.17, 15) is 4.39 Å². The minimum atomic E-state index is -0.237. The fourth-order valence-corrected chi connectivity index (χ4v) is 4.62. The van der Waals surface area contributed by atoms with Crippen LogP contribution >= 0.6 is 0 Å². The van der Waals surface area contributed by atoms with Crippen molar-refractivity contribution in [2.45, 2.75) is 25.7 Å². The summed E-state index contributed by atoms with van der Waals surface area (Å²) in [6.07, 6.45) is 7.45. The van der Waals surface area contributed by atoms with Crippen LogP contribution in [0.1, 0.15) is 35.0 Å². The number of halogens is 1. The second-order valence-corrected chi connectivity index (χ2v) is 8.61. The minimum absolute atomic E-state index is 0.0951. The average Bonchev–Trinajstić information content (AvgIpc) is 3.48. The van der Waals surface area contributed by atoms with E-state index in [0.29, 0.717) is 30.7 Å². The molecular formula is C26H24FN7O. The van der Waals surface area contributed by atoms with Crippen LogP contribution < -0.4 is 15.4 Å². The SMILES string of the molecule is Cc1ncn(-c2ccc3cc2OC/C=C/CNc2nc(nc4c2CCC4c2ccc(F)cc2)N3)n1. The molecule has 2 aromatic heterocycles. The third-order valence-electron chi connectivity index (χ3n) is 6.28. The Balaban J connectivity index is 1.40. The second-order valence-electron chi connectivity index (χ2n) is 8.61. The van der Waals surface area contributed by atoms with Gasteiger partial charge in [0, 0.05) is 29.8 Å². The lowest BCUT2D eigenvalue weighted by Gasteiger charge is -2.16. The van der Waals surface area contributed by atoms with Crippen LogP contribution in [0.25, 0.3) is 5.69 Å². The highest BCUT2D eigenvalue weighted by Gasteiger charge is 2.29. The molecular weight excluding hydrogens is 445 g/mol. The van der Waals surface area contributed by atoms with Crippen LogP contribution in [0.15, 0.2) is 60.9 Å². The molecule has 1 unspecified atom stereocenters. The first-order valence-corrected chi connectivity index (χ1v) is 11.6. The molecule has 6 rings (SSSR count). The van der Waals surface area contributed by atoms with Gasteiger partial charge >= 0.3 is 0 Å². The molecule has 4 aromatic rings. The molecule has 176 valence electrons. The molecule has 0 radical (unpaired) electrons. The predicted octanol–water partition coefficient (Wildman–Crippen LogP) is 4.69. The van der Waals surface area contributed by atoms with Crippen molar-refractivity contribution in [3.05, 3.63) is 89.4 Å². The number of ether oxygens (including phenoxy) is 1. The smallest absolute Gasteiger partial charge is 0.229 e. The third-order valence-corrected chi connectivity index (χ3v) is 6.28. The molecule has 1 aliphatic carbocycles. The topological polar surface area (TPSA) is 89.8 Å². The van der Waals surface area contributed by atoms with Crippen LogP contribution in [0.2, 0.25) is 0 Å². The molecule has 1 aliphatic heterocycles. The van der Waals surface area contributed by atoms with E-state index in [1.165, 1.54) is 12.1 Å². The summed E-state index contributed by atoms with van der Waals surface area (Å²) in [6, 6.07) is 12.5. The van der Waals surface area contributed by atoms with Gasteiger partial charge in [-0.3, -0.25) is 0 Å². The maximum Gasteiger partial charge on any atom is 0.229 e. The van der Waals surface area contributed by atoms with E-state index < -0.39 is 0 Å². The maximum atomic E-state index is 13.5. The summed E-state index contributed by atoms with van der Waals surface area (Å²) in [6.45, 7) is 2.88. The van der Waals surface area contributed by atoms with E-state index in [1.807, 2.05) is 49.4 Å². The number of benzene rings is 2. The summed E-state index contributed by atoms with van der Waals surface area (Å²) in [5.74, 6) is 2.53. The van der Waals surface area contributed by atoms with Gasteiger partial charge in [-0.15, -0.1) is 0 Å². The highest BCUT2D eigenvalue weighted by Crippen LogP contribution is 2.40. The molecule has 0 spiro atoms. The molecule has 2 aliphatic rings. The molecule has 0 amide bonds. The number of nitrogens with zero attached hydrogens (tertiary/aromatic N) is 5. The van der Waals surface area contributed by atoms with E-state index >= 15 is 0 Å². The van der Waals surface area contributed by atoms with Crippen LogP contribution in [0.5, 0.6) is 5.75 Å². The number of aromatic nitrogens is 5. The predicted molar refractivity (Wildman–Crippen MR) is 131 cm³/mol. The number of fused-ring (bicyclic) bond motifs is 6. The van der Waals surface area contributed by atoms with Crippen LogP contribution in [-0.2, 0) is 6.42 Å². The van der Waals surface area contributed by atoms with E-state index in [4.69, 9.17) is 14.7 Å². The van der Waals surface area contributed by atoms with Crippen molar-refractivity contribution < 1.29 is 9.13 Å². The number of hydrogen-bond acceptors (Lipinski definition) is 7. The zero-order chi connectivity index (χ0) is 23.8. The molecule has 1 atom stereocenters. The molecule has 8 nitrogen and oxygen atoms in total. The monoisotopic (exact) mass is 469 g/mol. The summed E-state index contributed by atoms with van der Waals surface area (Å²) in [5, 5.41) is 11.2. The third kappa shape index (κ3) is 4.21. The van der Waals surface area contributed by atoms with Gasteiger partial charge in [0.05, 0.1) is 5.69 Å². The largest absolute Gasteiger partial charge is 0.487 e. The first kappa shape index (κ1) is 21.3. The quantitative estimate of drug-likeness (QED) is 0.412. The first-order valence-electron chi connectivity index (χ1n) is 11.6. The van der Waals surface area contributed by atoms with Gasteiger partial charge in [-0.25, -0.2) is 19.0 Å². The number of rotatable bonds is 2. The van der Waals surface area contributed by atoms with E-state index in [1.54, 1.807) is 11.0 Å². The van der Waals surface area contributed by atoms with E-state index in [-0.39, 0.29) is 11.7 Å². The Hall–Kier alpha value is -4.27. The van der Waals surface area contributed by atoms with E-state index in [2.05, 4.69) is 20.7 Å². The van der Waals surface area contributed by atoms with Crippen molar-refractivity contribution in [1.29, 1.82) is 0 Å². The van der Waals surface area contributed by atoms with Gasteiger partial charge < -0.3 is 15.4 Å². The Labute approximate surface area is 201 Å². The number of aryl methyl sites for hydroxylation is 1. The van der Waals surface area contributed by atoms with Gasteiger partial charge in [-0.2, -0.15) is 10.1 Å². The molecule has 0 saturated heterocycles. The number of hydrogen-bond donors (Lipinski definition) is 2. The van der Waals surface area contributed by atoms with Crippen LogP contribution in [0, 0.1) is 12.7 Å². The Morgan fingerprint density at radius 2 is 1.97 bits per heavy atom. The summed E-state index contributed by atoms with van der Waals surface area (Å²) in [7, 11) is 0. The first-order chi connectivity index (χ1) is 17.1. The minimum Gasteiger partial charge on any atom is -0.487 e. The highest BCUT2D eigenvalue weighted by molar-refractivity contribution is 5.64. The van der Waals surface area contributed by atoms with Crippen LogP contribution in [0.3, 0.4) is 0 Å². The molecule has 4 bridgehead atoms. The normalized spacial score (nSPS) is 17.6. The van der Waals surface area contributed by atoms with E-state index in [0.717, 1.165) is 46.9 Å². The van der Waals surface area contributed by atoms with Gasteiger partial charge in [0.1, 0.15) is 41.8 Å². The fraction of sp³-hybridized carbons (Fsp3) is 0.231. The molecule has 3 heterocycles. The fourth-order valence-electron chi connectivity index (χ4n) is 4.62. The summed E-state index contributed by atoms with van der Waals surface area (Å²) in [4.78, 5) is 13.9. The number of nitrogens with one attached hydrogen (secondary N) is 2. The van der Waals surface area contributed by atoms with Crippen molar-refractivity contribution in [3.8, 4) is 11.4 Å². The van der Waals surface area contributed by atoms with Gasteiger partial charge in [-0.1, -0.05) is 18.2 Å². The molecule has 9 heteroatoms. The van der Waals surface area contributed by atoms with Crippen molar-refractivity contribution in [2.75, 3.05) is 23.8 Å². The van der Waals surface area contributed by atoms with Crippen LogP contribution in [-0.4, -0.2) is 37.9 Å². The molecule has 2 N–H and O–H groups in total. The molecule has 2 aromatic carbocycles. The maximum absolute atomic E-state index is 13.5. The molecule has 35 heavy (non-hydrogen) atoms. The Kier molecular flexibility index (Phi) is 5.36. The van der Waals surface area contributed by atoms with Crippen molar-refractivity contribution in [3.63, 3.8) is 0 Å². The standard InChI is InChI=1S/C26H24FN7O/c1-16-29-15-34(33-16)22-11-8-19-14-23(22)35-13-3-2-12-28-25-21-10-9-20(17-4-6-18(27)7-5-17)24(21)31-26(30-19)32-25/h2-8,11,14-15,20H,9-10,12-13H2,1H3,(H2,28,30,31,32)/b3-2+. The van der Waals surface area contributed by atoms with Gasteiger partial charge in [-0.05, 0) is 55.7 Å². The molecule has 0 saturated carbocycles. The van der Waals surface area contributed by atoms with Gasteiger partial charge in [0.25, 0.3) is 0 Å². The van der Waals surface area contributed by atoms with Crippen molar-refractivity contribution in [2.24, 2.45) is 0 Å². The zero-order valence-electron chi connectivity index (χ0n) is 19.2. The van der Waals surface area contributed by atoms with Gasteiger partial charge in [0.15, 0.2) is 0 Å². The number of anilines is 3. The Morgan fingerprint density at radius 1 is 1.09 bits per heavy atom. The van der Waals surface area contributed by atoms with Crippen molar-refractivity contribution >= 4 is 17.5 Å². The lowest BCUT2D eigenvalue weighted by molar-refractivity contribution is 0.360. The summed E-state index contributed by atoms with van der Waals surface area (Å²) >= 11 is 0. The lowest BCUT2D eigenvalue weighted by atomic mass is 9.97. The average molecular weight is 470 g/mol. The summed E-state index contributed by atoms with van der Waals surface area (Å²) < 4.78 is 21.3. The van der Waals surface area contributed by atoms with Gasteiger partial charge in [0.2, 0.25) is 5.95 Å².